The largest absolute Gasteiger partial charge is 0.396 e. The van der Waals surface area contributed by atoms with Gasteiger partial charge in [-0.25, -0.2) is 4.39 Å². The number of aliphatic hydroxyl groups is 1. The van der Waals surface area contributed by atoms with Gasteiger partial charge in [-0.05, 0) is 19.4 Å². The minimum atomic E-state index is -0.835. The normalized spacial score (nSPS) is 12.2. The number of nitro groups is 1. The fourth-order valence-corrected chi connectivity index (χ4v) is 1.50. The maximum atomic E-state index is 13.1. The molecule has 1 aromatic rings. The molecule has 17 heavy (non-hydrogen) atoms. The van der Waals surface area contributed by atoms with Crippen LogP contribution in [0.2, 0.25) is 5.02 Å². The first-order valence-electron chi connectivity index (χ1n) is 4.96. The Morgan fingerprint density at radius 1 is 1.65 bits per heavy atom. The Bertz CT molecular complexity index is 428. The molecule has 2 N–H and O–H groups in total. The Hall–Kier alpha value is -1.40. The number of hydrogen-bond acceptors (Lipinski definition) is 4. The molecule has 0 saturated carbocycles. The van der Waals surface area contributed by atoms with Crippen molar-refractivity contribution in [3.05, 3.63) is 33.1 Å². The molecule has 0 bridgehead atoms. The first-order valence-corrected chi connectivity index (χ1v) is 5.34. The van der Waals surface area contributed by atoms with Gasteiger partial charge in [-0.1, -0.05) is 11.6 Å². The van der Waals surface area contributed by atoms with Crippen molar-refractivity contribution in [3.63, 3.8) is 0 Å². The fourth-order valence-electron chi connectivity index (χ4n) is 1.33. The molecule has 0 spiro atoms. The highest BCUT2D eigenvalue weighted by atomic mass is 35.5. The van der Waals surface area contributed by atoms with Crippen molar-refractivity contribution in [2.24, 2.45) is 0 Å². The molecule has 1 aromatic carbocycles. The second-order valence-corrected chi connectivity index (χ2v) is 4.01. The highest BCUT2D eigenvalue weighted by Gasteiger charge is 2.18. The topological polar surface area (TPSA) is 75.4 Å². The molecule has 1 unspecified atom stereocenters. The Morgan fingerprint density at radius 3 is 2.82 bits per heavy atom. The molecule has 7 heteroatoms. The van der Waals surface area contributed by atoms with Gasteiger partial charge in [0, 0.05) is 12.6 Å². The summed E-state index contributed by atoms with van der Waals surface area (Å²) in [5.74, 6) is -0.835. The van der Waals surface area contributed by atoms with Gasteiger partial charge in [-0.3, -0.25) is 10.1 Å². The molecule has 0 heterocycles. The number of benzene rings is 1. The standard InChI is InChI=1S/C10H12ClFN2O3/c1-6(2-3-15)13-9-4-7(11)8(12)5-10(9)14(16)17/h4-6,13,15H,2-3H2,1H3. The van der Waals surface area contributed by atoms with Crippen LogP contribution in [0, 0.1) is 15.9 Å². The van der Waals surface area contributed by atoms with Crippen LogP contribution in [-0.2, 0) is 0 Å². The van der Waals surface area contributed by atoms with E-state index in [9.17, 15) is 14.5 Å². The molecule has 0 amide bonds. The Labute approximate surface area is 102 Å². The summed E-state index contributed by atoms with van der Waals surface area (Å²) in [5, 5.41) is 22.1. The second kappa shape index (κ2) is 5.79. The molecular formula is C10H12ClFN2O3. The van der Waals surface area contributed by atoms with E-state index < -0.39 is 10.7 Å². The van der Waals surface area contributed by atoms with E-state index in [1.165, 1.54) is 6.07 Å². The molecule has 0 radical (unpaired) electrons. The zero-order valence-corrected chi connectivity index (χ0v) is 9.87. The predicted molar refractivity (Wildman–Crippen MR) is 62.9 cm³/mol. The summed E-state index contributed by atoms with van der Waals surface area (Å²) in [5.41, 5.74) is -0.237. The van der Waals surface area contributed by atoms with E-state index in [2.05, 4.69) is 5.32 Å². The number of nitrogens with one attached hydrogen (secondary N) is 1. The average molecular weight is 263 g/mol. The molecule has 0 aliphatic heterocycles. The van der Waals surface area contributed by atoms with Crippen LogP contribution in [0.25, 0.3) is 0 Å². The lowest BCUT2D eigenvalue weighted by molar-refractivity contribution is -0.384. The van der Waals surface area contributed by atoms with E-state index in [0.29, 0.717) is 6.42 Å². The number of halogens is 2. The minimum absolute atomic E-state index is 0.0448. The number of nitrogens with zero attached hydrogens (tertiary/aromatic N) is 1. The first-order chi connectivity index (χ1) is 7.95. The number of aliphatic hydroxyl groups excluding tert-OH is 1. The highest BCUT2D eigenvalue weighted by Crippen LogP contribution is 2.30. The zero-order chi connectivity index (χ0) is 13.0. The van der Waals surface area contributed by atoms with E-state index >= 15 is 0 Å². The van der Waals surface area contributed by atoms with Gasteiger partial charge in [-0.2, -0.15) is 0 Å². The van der Waals surface area contributed by atoms with Crippen LogP contribution in [0.15, 0.2) is 12.1 Å². The SMILES string of the molecule is CC(CCO)Nc1cc(Cl)c(F)cc1[N+](=O)[O-]. The predicted octanol–water partition coefficient (Wildman–Crippen LogP) is 2.57. The van der Waals surface area contributed by atoms with Crippen molar-refractivity contribution >= 4 is 23.0 Å². The molecule has 1 atom stereocenters. The van der Waals surface area contributed by atoms with E-state index in [0.717, 1.165) is 6.07 Å². The monoisotopic (exact) mass is 262 g/mol. The second-order valence-electron chi connectivity index (χ2n) is 3.60. The van der Waals surface area contributed by atoms with Gasteiger partial charge < -0.3 is 10.4 Å². The van der Waals surface area contributed by atoms with Crippen LogP contribution < -0.4 is 5.32 Å². The molecule has 0 saturated heterocycles. The van der Waals surface area contributed by atoms with Gasteiger partial charge in [0.2, 0.25) is 0 Å². The molecular weight excluding hydrogens is 251 g/mol. The first kappa shape index (κ1) is 13.7. The van der Waals surface area contributed by atoms with Crippen LogP contribution >= 0.6 is 11.6 Å². The van der Waals surface area contributed by atoms with Gasteiger partial charge in [-0.15, -0.1) is 0 Å². The van der Waals surface area contributed by atoms with Crippen molar-refractivity contribution in [1.82, 2.24) is 0 Å². The average Bonchev–Trinajstić information content (AvgIpc) is 2.23. The van der Waals surface area contributed by atoms with Gasteiger partial charge in [0.25, 0.3) is 5.69 Å². The van der Waals surface area contributed by atoms with Crippen molar-refractivity contribution in [2.75, 3.05) is 11.9 Å². The molecule has 0 aromatic heterocycles. The molecule has 0 aliphatic rings. The van der Waals surface area contributed by atoms with Crippen LogP contribution in [0.1, 0.15) is 13.3 Å². The minimum Gasteiger partial charge on any atom is -0.396 e. The van der Waals surface area contributed by atoms with Crippen LogP contribution in [0.4, 0.5) is 15.8 Å². The Morgan fingerprint density at radius 2 is 2.29 bits per heavy atom. The maximum Gasteiger partial charge on any atom is 0.295 e. The third-order valence-electron chi connectivity index (χ3n) is 2.20. The lowest BCUT2D eigenvalue weighted by atomic mass is 10.2. The van der Waals surface area contributed by atoms with Crippen LogP contribution in [-0.4, -0.2) is 22.7 Å². The van der Waals surface area contributed by atoms with Crippen molar-refractivity contribution in [1.29, 1.82) is 0 Å². The third kappa shape index (κ3) is 3.54. The fraction of sp³-hybridized carbons (Fsp3) is 0.400. The summed E-state index contributed by atoms with van der Waals surface area (Å²) in [7, 11) is 0. The van der Waals surface area contributed by atoms with Crippen molar-refractivity contribution in [2.45, 2.75) is 19.4 Å². The summed E-state index contributed by atoms with van der Waals surface area (Å²) < 4.78 is 13.1. The number of anilines is 1. The number of hydrogen-bond donors (Lipinski definition) is 2. The van der Waals surface area contributed by atoms with E-state index in [4.69, 9.17) is 16.7 Å². The van der Waals surface area contributed by atoms with Crippen molar-refractivity contribution in [3.8, 4) is 0 Å². The van der Waals surface area contributed by atoms with Crippen LogP contribution in [0.5, 0.6) is 0 Å². The van der Waals surface area contributed by atoms with Gasteiger partial charge in [0.1, 0.15) is 11.5 Å². The number of rotatable bonds is 5. The molecule has 0 aliphatic carbocycles. The quantitative estimate of drug-likeness (QED) is 0.632. The van der Waals surface area contributed by atoms with E-state index in [-0.39, 0.29) is 29.0 Å². The van der Waals surface area contributed by atoms with Gasteiger partial charge in [0.15, 0.2) is 0 Å². The Kier molecular flexibility index (Phi) is 4.65. The summed E-state index contributed by atoms with van der Waals surface area (Å²) >= 11 is 5.56. The van der Waals surface area contributed by atoms with Gasteiger partial charge >= 0.3 is 0 Å². The maximum absolute atomic E-state index is 13.1. The number of nitro benzene ring substituents is 1. The zero-order valence-electron chi connectivity index (χ0n) is 9.11. The Balaban J connectivity index is 3.04. The van der Waals surface area contributed by atoms with Crippen molar-refractivity contribution < 1.29 is 14.4 Å². The van der Waals surface area contributed by atoms with E-state index in [1.807, 2.05) is 0 Å². The van der Waals surface area contributed by atoms with E-state index in [1.54, 1.807) is 6.92 Å². The molecule has 0 fully saturated rings. The lowest BCUT2D eigenvalue weighted by Gasteiger charge is -2.14. The summed E-state index contributed by atoms with van der Waals surface area (Å²) in [6.07, 6.45) is 0.423. The third-order valence-corrected chi connectivity index (χ3v) is 2.49. The van der Waals surface area contributed by atoms with Crippen LogP contribution in [0.3, 0.4) is 0 Å². The lowest BCUT2D eigenvalue weighted by Crippen LogP contribution is -2.17. The smallest absolute Gasteiger partial charge is 0.295 e. The summed E-state index contributed by atoms with van der Waals surface area (Å²) in [4.78, 5) is 10.0. The molecule has 1 rings (SSSR count). The highest BCUT2D eigenvalue weighted by molar-refractivity contribution is 6.31. The van der Waals surface area contributed by atoms with Gasteiger partial charge in [0.05, 0.1) is 16.0 Å². The molecule has 5 nitrogen and oxygen atoms in total. The molecule has 94 valence electrons. The summed E-state index contributed by atoms with van der Waals surface area (Å²) in [6, 6.07) is 1.76. The summed E-state index contributed by atoms with van der Waals surface area (Å²) in [6.45, 7) is 1.70.